The van der Waals surface area contributed by atoms with E-state index in [4.69, 9.17) is 19.2 Å². The Morgan fingerprint density at radius 1 is 1.25 bits per heavy atom. The van der Waals surface area contributed by atoms with E-state index in [9.17, 15) is 0 Å². The van der Waals surface area contributed by atoms with E-state index < -0.39 is 7.82 Å². The predicted octanol–water partition coefficient (Wildman–Crippen LogP) is -6.70. The van der Waals surface area contributed by atoms with Crippen LogP contribution in [0, 0.1) is 0 Å². The maximum absolute atomic E-state index is 8.88. The third-order valence-electron chi connectivity index (χ3n) is 0. The van der Waals surface area contributed by atoms with Crippen LogP contribution in [0.5, 0.6) is 0 Å². The molecular formula is H5CsLiO4PY. The molecular weight excluding hydrogens is 324 g/mol. The third kappa shape index (κ3) is 51.9. The summed E-state index contributed by atoms with van der Waals surface area (Å²) in [5.74, 6) is 0. The number of hydrogen-bond acceptors (Lipinski definition) is 1. The zero-order chi connectivity index (χ0) is 4.50. The summed E-state index contributed by atoms with van der Waals surface area (Å²) < 4.78 is 8.88. The minimum Gasteiger partial charge on any atom is -1.00 e. The zero-order valence-corrected chi connectivity index (χ0v) is 14.8. The van der Waals surface area contributed by atoms with Crippen molar-refractivity contribution in [1.29, 1.82) is 0 Å². The number of rotatable bonds is 0. The average Bonchev–Trinajstić information content (AvgIpc) is 0.722. The van der Waals surface area contributed by atoms with E-state index in [2.05, 4.69) is 0 Å². The van der Waals surface area contributed by atoms with Crippen molar-refractivity contribution in [2.24, 2.45) is 0 Å². The zero-order valence-electron chi connectivity index (χ0n) is 6.77. The molecule has 0 aromatic carbocycles. The molecule has 0 aliphatic carbocycles. The van der Waals surface area contributed by atoms with Crippen molar-refractivity contribution in [3.63, 3.8) is 0 Å². The summed E-state index contributed by atoms with van der Waals surface area (Å²) in [7, 11) is -4.64. The van der Waals surface area contributed by atoms with Gasteiger partial charge < -0.3 is 17.5 Å². The Labute approximate surface area is 146 Å². The largest absolute Gasteiger partial charge is 1.00 e. The first kappa shape index (κ1) is 22.6. The van der Waals surface area contributed by atoms with Crippen molar-refractivity contribution in [3.05, 3.63) is 0 Å². The molecule has 0 saturated heterocycles. The van der Waals surface area contributed by atoms with Crippen molar-refractivity contribution >= 4 is 7.82 Å². The maximum Gasteiger partial charge on any atom is 1.00 e. The monoisotopic (exact) mass is 329 g/mol. The molecule has 39 valence electrons. The first-order chi connectivity index (χ1) is 2.00. The molecule has 0 saturated carbocycles. The van der Waals surface area contributed by atoms with E-state index in [0.29, 0.717) is 0 Å². The van der Waals surface area contributed by atoms with Crippen LogP contribution < -0.4 is 87.8 Å². The molecule has 0 fully saturated rings. The normalized spacial score (nSPS) is 7.38. The second-order valence-corrected chi connectivity index (χ2v) is 1.54. The van der Waals surface area contributed by atoms with Crippen LogP contribution in [-0.2, 0) is 37.3 Å². The van der Waals surface area contributed by atoms with Crippen molar-refractivity contribution in [2.45, 2.75) is 0 Å². The maximum atomic E-state index is 8.88. The van der Waals surface area contributed by atoms with Crippen molar-refractivity contribution in [1.82, 2.24) is 0 Å². The molecule has 1 radical (unpaired) electrons. The van der Waals surface area contributed by atoms with Gasteiger partial charge in [-0.1, -0.05) is 0 Å². The fourth-order valence-corrected chi connectivity index (χ4v) is 0. The first-order valence-corrected chi connectivity index (χ1v) is 2.35. The quantitative estimate of drug-likeness (QED) is 0.305. The summed E-state index contributed by atoms with van der Waals surface area (Å²) in [6.07, 6.45) is 0. The van der Waals surface area contributed by atoms with Gasteiger partial charge in [0.15, 0.2) is 0 Å². The molecule has 0 aromatic rings. The van der Waals surface area contributed by atoms with Gasteiger partial charge in [-0.2, -0.15) is 0 Å². The van der Waals surface area contributed by atoms with Crippen molar-refractivity contribution < 1.29 is 143 Å². The second-order valence-electron chi connectivity index (χ2n) is 0.513. The molecule has 4 nitrogen and oxygen atoms in total. The molecule has 8 heavy (non-hydrogen) atoms. The van der Waals surface area contributed by atoms with E-state index in [0.717, 1.165) is 0 Å². The Kier molecular flexibility index (Phi) is 30.7. The molecule has 0 amide bonds. The van der Waals surface area contributed by atoms with Gasteiger partial charge in [0.25, 0.3) is 0 Å². The van der Waals surface area contributed by atoms with E-state index in [1.165, 1.54) is 0 Å². The minimum atomic E-state index is -4.64. The summed E-state index contributed by atoms with van der Waals surface area (Å²) in [5.41, 5.74) is 0. The molecule has 0 aliphatic heterocycles. The van der Waals surface area contributed by atoms with E-state index in [1.807, 2.05) is 0 Å². The molecule has 3 N–H and O–H groups in total. The van der Waals surface area contributed by atoms with Crippen molar-refractivity contribution in [3.8, 4) is 0 Å². The topological polar surface area (TPSA) is 77.8 Å². The molecule has 0 atom stereocenters. The van der Waals surface area contributed by atoms with Crippen LogP contribution in [0.4, 0.5) is 0 Å². The van der Waals surface area contributed by atoms with Crippen LogP contribution in [0.2, 0.25) is 0 Å². The minimum absolute atomic E-state index is 0. The smallest absolute Gasteiger partial charge is 1.00 e. The summed E-state index contributed by atoms with van der Waals surface area (Å²) in [6, 6.07) is 0. The van der Waals surface area contributed by atoms with Crippen LogP contribution in [0.3, 0.4) is 0 Å². The van der Waals surface area contributed by atoms with Gasteiger partial charge in [0.1, 0.15) is 0 Å². The standard InChI is InChI=1S/Cs.Li.H3O4P.Y.2H/c;;1-5(2,3)4;;;/h;;(H3,1,2,3,4);;;/q2*+1;;;2*-1. The molecule has 0 aliphatic rings. The molecule has 8 heteroatoms. The van der Waals surface area contributed by atoms with E-state index in [1.54, 1.807) is 0 Å². The predicted molar refractivity (Wildman–Crippen MR) is 16.5 cm³/mol. The van der Waals surface area contributed by atoms with Gasteiger partial charge in [-0.25, -0.2) is 4.57 Å². The fraction of sp³-hybridized carbons (Fsp3) is 0. The van der Waals surface area contributed by atoms with Gasteiger partial charge in [0, 0.05) is 32.7 Å². The van der Waals surface area contributed by atoms with Crippen molar-refractivity contribution in [2.75, 3.05) is 0 Å². The van der Waals surface area contributed by atoms with Gasteiger partial charge in [-0.3, -0.25) is 0 Å². The summed E-state index contributed by atoms with van der Waals surface area (Å²) in [4.78, 5) is 21.6. The van der Waals surface area contributed by atoms with Gasteiger partial charge in [0.2, 0.25) is 0 Å². The van der Waals surface area contributed by atoms with Gasteiger partial charge >= 0.3 is 95.6 Å². The van der Waals surface area contributed by atoms with Crippen LogP contribution in [0.15, 0.2) is 0 Å². The Bertz CT molecular complexity index is 69.4. The number of phosphoric acid groups is 1. The van der Waals surface area contributed by atoms with Gasteiger partial charge in [0.05, 0.1) is 0 Å². The molecule has 0 heterocycles. The SMILES string of the molecule is O=P(O)(O)O.[Cs+].[H-].[H-].[Li+].[Y]. The van der Waals surface area contributed by atoms with Gasteiger partial charge in [-0.15, -0.1) is 0 Å². The van der Waals surface area contributed by atoms with E-state index in [-0.39, 0.29) is 123 Å². The molecule has 0 unspecified atom stereocenters. The fourth-order valence-electron chi connectivity index (χ4n) is 0. The molecule has 0 spiro atoms. The van der Waals surface area contributed by atoms with Gasteiger partial charge in [-0.05, 0) is 0 Å². The summed E-state index contributed by atoms with van der Waals surface area (Å²) in [5, 5.41) is 0. The Morgan fingerprint density at radius 3 is 1.25 bits per heavy atom. The van der Waals surface area contributed by atoms with Crippen LogP contribution in [-0.4, -0.2) is 14.7 Å². The Morgan fingerprint density at radius 2 is 1.25 bits per heavy atom. The number of hydrogen-bond donors (Lipinski definition) is 3. The van der Waals surface area contributed by atoms with Crippen LogP contribution in [0.1, 0.15) is 2.85 Å². The summed E-state index contributed by atoms with van der Waals surface area (Å²) in [6.45, 7) is 0. The molecule has 0 bridgehead atoms. The van der Waals surface area contributed by atoms with Crippen LogP contribution in [0.25, 0.3) is 0 Å². The van der Waals surface area contributed by atoms with Crippen LogP contribution >= 0.6 is 7.82 Å². The van der Waals surface area contributed by atoms with E-state index >= 15 is 0 Å². The Hall–Kier alpha value is 3.86. The summed E-state index contributed by atoms with van der Waals surface area (Å²) >= 11 is 0. The second kappa shape index (κ2) is 10.9. The molecule has 0 rings (SSSR count). The third-order valence-corrected chi connectivity index (χ3v) is 0. The molecule has 0 aromatic heterocycles. The average molecular weight is 329 g/mol. The first-order valence-electron chi connectivity index (χ1n) is 0.783. The Balaban J connectivity index is -0.00000000800.